The molecule has 0 radical (unpaired) electrons. The SMILES string of the molecule is CNC(=O)Cn1cnc2ccc(F)cc2c1=O. The molecule has 0 unspecified atom stereocenters. The fraction of sp³-hybridized carbons (Fsp3) is 0.182. The first-order valence-corrected chi connectivity index (χ1v) is 4.97. The Balaban J connectivity index is 2.57. The van der Waals surface area contributed by atoms with Crippen molar-refractivity contribution in [2.24, 2.45) is 0 Å². The monoisotopic (exact) mass is 235 g/mol. The minimum absolute atomic E-state index is 0.130. The average Bonchev–Trinajstić information content (AvgIpc) is 2.33. The molecule has 0 saturated heterocycles. The van der Waals surface area contributed by atoms with Gasteiger partial charge in [-0.05, 0) is 18.2 Å². The minimum Gasteiger partial charge on any atom is -0.358 e. The van der Waals surface area contributed by atoms with Gasteiger partial charge < -0.3 is 5.32 Å². The van der Waals surface area contributed by atoms with Gasteiger partial charge in [0, 0.05) is 7.05 Å². The lowest BCUT2D eigenvalue weighted by Crippen LogP contribution is -2.30. The van der Waals surface area contributed by atoms with Crippen LogP contribution in [-0.4, -0.2) is 22.5 Å². The van der Waals surface area contributed by atoms with E-state index < -0.39 is 11.4 Å². The summed E-state index contributed by atoms with van der Waals surface area (Å²) in [5, 5.41) is 2.56. The molecule has 88 valence electrons. The van der Waals surface area contributed by atoms with Crippen LogP contribution in [0, 0.1) is 5.82 Å². The molecule has 0 spiro atoms. The number of hydrogen-bond donors (Lipinski definition) is 1. The van der Waals surface area contributed by atoms with Crippen molar-refractivity contribution in [3.05, 3.63) is 40.7 Å². The van der Waals surface area contributed by atoms with Crippen molar-refractivity contribution in [2.45, 2.75) is 6.54 Å². The Labute approximate surface area is 95.9 Å². The van der Waals surface area contributed by atoms with E-state index in [0.29, 0.717) is 5.52 Å². The van der Waals surface area contributed by atoms with Crippen LogP contribution in [0.25, 0.3) is 10.9 Å². The van der Waals surface area contributed by atoms with Gasteiger partial charge in [0.25, 0.3) is 5.56 Å². The lowest BCUT2D eigenvalue weighted by atomic mass is 10.2. The largest absolute Gasteiger partial charge is 0.358 e. The molecule has 0 aliphatic carbocycles. The van der Waals surface area contributed by atoms with E-state index >= 15 is 0 Å². The summed E-state index contributed by atoms with van der Waals surface area (Å²) < 4.78 is 14.2. The van der Waals surface area contributed by atoms with Gasteiger partial charge in [0.2, 0.25) is 5.91 Å². The van der Waals surface area contributed by atoms with E-state index in [1.807, 2.05) is 0 Å². The fourth-order valence-corrected chi connectivity index (χ4v) is 1.48. The molecule has 0 atom stereocenters. The third kappa shape index (κ3) is 2.15. The quantitative estimate of drug-likeness (QED) is 0.813. The van der Waals surface area contributed by atoms with Crippen LogP contribution in [0.15, 0.2) is 29.3 Å². The van der Waals surface area contributed by atoms with Gasteiger partial charge in [-0.2, -0.15) is 0 Å². The molecule has 17 heavy (non-hydrogen) atoms. The molecule has 2 aromatic rings. The summed E-state index contributed by atoms with van der Waals surface area (Å²) in [5.41, 5.74) is -0.0253. The van der Waals surface area contributed by atoms with Gasteiger partial charge in [0.05, 0.1) is 17.2 Å². The zero-order valence-electron chi connectivity index (χ0n) is 9.11. The lowest BCUT2D eigenvalue weighted by Gasteiger charge is -2.05. The Kier molecular flexibility index (Phi) is 2.86. The van der Waals surface area contributed by atoms with Crippen molar-refractivity contribution >= 4 is 16.8 Å². The number of benzene rings is 1. The Hall–Kier alpha value is -2.24. The summed E-state index contributed by atoms with van der Waals surface area (Å²) in [6.07, 6.45) is 1.28. The zero-order valence-corrected chi connectivity index (χ0v) is 9.11. The predicted molar refractivity (Wildman–Crippen MR) is 60.0 cm³/mol. The number of halogens is 1. The van der Waals surface area contributed by atoms with E-state index in [2.05, 4.69) is 10.3 Å². The van der Waals surface area contributed by atoms with Gasteiger partial charge in [0.15, 0.2) is 0 Å². The maximum atomic E-state index is 13.0. The number of hydrogen-bond acceptors (Lipinski definition) is 3. The molecule has 0 bridgehead atoms. The predicted octanol–water partition coefficient (Wildman–Crippen LogP) is 0.282. The van der Waals surface area contributed by atoms with Gasteiger partial charge in [0.1, 0.15) is 12.4 Å². The molecule has 1 aromatic carbocycles. The maximum Gasteiger partial charge on any atom is 0.261 e. The normalized spacial score (nSPS) is 10.5. The van der Waals surface area contributed by atoms with Crippen LogP contribution < -0.4 is 10.9 Å². The van der Waals surface area contributed by atoms with E-state index in [4.69, 9.17) is 0 Å². The van der Waals surface area contributed by atoms with Crippen molar-refractivity contribution in [1.29, 1.82) is 0 Å². The van der Waals surface area contributed by atoms with Crippen LogP contribution in [0.4, 0.5) is 4.39 Å². The Bertz CT molecular complexity index is 636. The summed E-state index contributed by atoms with van der Waals surface area (Å²) in [7, 11) is 1.47. The molecule has 2 rings (SSSR count). The van der Waals surface area contributed by atoms with Crippen LogP contribution in [0.3, 0.4) is 0 Å². The minimum atomic E-state index is -0.505. The van der Waals surface area contributed by atoms with Crippen molar-refractivity contribution in [3.8, 4) is 0 Å². The smallest absolute Gasteiger partial charge is 0.261 e. The summed E-state index contributed by atoms with van der Waals surface area (Å²) in [6.45, 7) is -0.130. The van der Waals surface area contributed by atoms with Crippen LogP contribution in [-0.2, 0) is 11.3 Å². The molecule has 0 saturated carbocycles. The second kappa shape index (κ2) is 4.32. The highest BCUT2D eigenvalue weighted by atomic mass is 19.1. The number of nitrogens with one attached hydrogen (secondary N) is 1. The number of amides is 1. The molecule has 0 aliphatic rings. The van der Waals surface area contributed by atoms with E-state index in [1.54, 1.807) is 0 Å². The first-order chi connectivity index (χ1) is 8.11. The zero-order chi connectivity index (χ0) is 12.4. The molecule has 1 amide bonds. The average molecular weight is 235 g/mol. The van der Waals surface area contributed by atoms with Crippen LogP contribution in [0.2, 0.25) is 0 Å². The number of likely N-dealkylation sites (N-methyl/N-ethyl adjacent to an activating group) is 1. The molecule has 1 heterocycles. The second-order valence-electron chi connectivity index (χ2n) is 3.51. The van der Waals surface area contributed by atoms with Crippen molar-refractivity contribution < 1.29 is 9.18 Å². The molecule has 1 aromatic heterocycles. The summed E-state index contributed by atoms with van der Waals surface area (Å²) in [5.74, 6) is -0.821. The van der Waals surface area contributed by atoms with Gasteiger partial charge in [-0.25, -0.2) is 9.37 Å². The summed E-state index contributed by atoms with van der Waals surface area (Å²) in [4.78, 5) is 27.1. The number of carbonyl (C=O) groups excluding carboxylic acids is 1. The van der Waals surface area contributed by atoms with Gasteiger partial charge in [-0.1, -0.05) is 0 Å². The molecule has 0 fully saturated rings. The van der Waals surface area contributed by atoms with Crippen molar-refractivity contribution in [2.75, 3.05) is 7.05 Å². The van der Waals surface area contributed by atoms with Crippen LogP contribution in [0.5, 0.6) is 0 Å². The van der Waals surface area contributed by atoms with Gasteiger partial charge in [-0.15, -0.1) is 0 Å². The summed E-state index contributed by atoms with van der Waals surface area (Å²) in [6, 6.07) is 3.78. The Morgan fingerprint density at radius 2 is 2.29 bits per heavy atom. The van der Waals surface area contributed by atoms with Gasteiger partial charge >= 0.3 is 0 Å². The topological polar surface area (TPSA) is 64.0 Å². The van der Waals surface area contributed by atoms with Crippen molar-refractivity contribution in [3.63, 3.8) is 0 Å². The second-order valence-corrected chi connectivity index (χ2v) is 3.51. The van der Waals surface area contributed by atoms with Crippen LogP contribution >= 0.6 is 0 Å². The Morgan fingerprint density at radius 3 is 3.00 bits per heavy atom. The number of rotatable bonds is 2. The summed E-state index contributed by atoms with van der Waals surface area (Å²) >= 11 is 0. The van der Waals surface area contributed by atoms with Gasteiger partial charge in [-0.3, -0.25) is 14.2 Å². The van der Waals surface area contributed by atoms with E-state index in [1.165, 1.54) is 25.5 Å². The highest BCUT2D eigenvalue weighted by Gasteiger charge is 2.07. The Morgan fingerprint density at radius 1 is 1.53 bits per heavy atom. The first-order valence-electron chi connectivity index (χ1n) is 4.97. The fourth-order valence-electron chi connectivity index (χ4n) is 1.48. The molecular weight excluding hydrogens is 225 g/mol. The highest BCUT2D eigenvalue weighted by molar-refractivity contribution is 5.78. The third-order valence-electron chi connectivity index (χ3n) is 2.38. The van der Waals surface area contributed by atoms with E-state index in [9.17, 15) is 14.0 Å². The molecule has 6 heteroatoms. The molecule has 0 aliphatic heterocycles. The maximum absolute atomic E-state index is 13.0. The van der Waals surface area contributed by atoms with E-state index in [0.717, 1.165) is 10.6 Å². The lowest BCUT2D eigenvalue weighted by molar-refractivity contribution is -0.121. The van der Waals surface area contributed by atoms with E-state index in [-0.39, 0.29) is 17.8 Å². The standard InChI is InChI=1S/C11H10FN3O2/c1-13-10(16)5-15-6-14-9-3-2-7(12)4-8(9)11(15)17/h2-4,6H,5H2,1H3,(H,13,16). The number of nitrogens with zero attached hydrogens (tertiary/aromatic N) is 2. The molecule has 1 N–H and O–H groups in total. The van der Waals surface area contributed by atoms with Crippen molar-refractivity contribution in [1.82, 2.24) is 14.9 Å². The number of carbonyl (C=O) groups is 1. The molecule has 5 nitrogen and oxygen atoms in total. The number of aromatic nitrogens is 2. The highest BCUT2D eigenvalue weighted by Crippen LogP contribution is 2.08. The first kappa shape index (κ1) is 11.3. The molecular formula is C11H10FN3O2. The van der Waals surface area contributed by atoms with Crippen LogP contribution in [0.1, 0.15) is 0 Å². The third-order valence-corrected chi connectivity index (χ3v) is 2.38. The number of fused-ring (bicyclic) bond motifs is 1.